The van der Waals surface area contributed by atoms with Crippen LogP contribution in [0.2, 0.25) is 0 Å². The van der Waals surface area contributed by atoms with Gasteiger partial charge in [0.15, 0.2) is 0 Å². The highest BCUT2D eigenvalue weighted by Crippen LogP contribution is 2.24. The first-order valence-electron chi connectivity index (χ1n) is 18.5. The van der Waals surface area contributed by atoms with Crippen molar-refractivity contribution >= 4 is 0 Å². The van der Waals surface area contributed by atoms with Crippen molar-refractivity contribution < 1.29 is 0 Å². The molecule has 0 aliphatic carbocycles. The Balaban J connectivity index is 2.23. The van der Waals surface area contributed by atoms with E-state index >= 15 is 0 Å². The zero-order valence-corrected chi connectivity index (χ0v) is 27.5. The summed E-state index contributed by atoms with van der Waals surface area (Å²) in [4.78, 5) is 5.42. The average Bonchev–Trinajstić information content (AvgIpc) is 3.33. The fourth-order valence-electron chi connectivity index (χ4n) is 6.36. The summed E-state index contributed by atoms with van der Waals surface area (Å²) >= 11 is 0. The second-order valence-electron chi connectivity index (χ2n) is 12.9. The number of hydrogen-bond acceptors (Lipinski definition) is 2. The van der Waals surface area contributed by atoms with E-state index in [9.17, 15) is 0 Å². The van der Waals surface area contributed by atoms with Crippen LogP contribution in [0.15, 0.2) is 12.4 Å². The van der Waals surface area contributed by atoms with Crippen LogP contribution in [-0.2, 0) is 0 Å². The molecule has 0 aromatic carbocycles. The van der Waals surface area contributed by atoms with E-state index in [0.717, 1.165) is 0 Å². The molecule has 1 aliphatic rings. The third-order valence-electron chi connectivity index (χ3n) is 9.07. The van der Waals surface area contributed by atoms with E-state index in [0.29, 0.717) is 6.17 Å². The average molecular weight is 547 g/mol. The van der Waals surface area contributed by atoms with Crippen molar-refractivity contribution in [2.45, 2.75) is 213 Å². The van der Waals surface area contributed by atoms with Crippen molar-refractivity contribution in [3.8, 4) is 0 Å². The Morgan fingerprint density at radius 1 is 0.333 bits per heavy atom. The van der Waals surface area contributed by atoms with Gasteiger partial charge in [-0.15, -0.1) is 0 Å². The number of rotatable bonds is 31. The van der Waals surface area contributed by atoms with Crippen LogP contribution in [0, 0.1) is 0 Å². The summed E-state index contributed by atoms with van der Waals surface area (Å²) in [7, 11) is 0. The lowest BCUT2D eigenvalue weighted by Crippen LogP contribution is -2.39. The molecule has 0 saturated heterocycles. The molecule has 0 spiro atoms. The molecule has 1 unspecified atom stereocenters. The molecule has 0 aromatic rings. The van der Waals surface area contributed by atoms with Gasteiger partial charge in [0, 0.05) is 25.5 Å². The molecule has 1 heterocycles. The topological polar surface area (TPSA) is 6.48 Å². The Morgan fingerprint density at radius 2 is 0.590 bits per heavy atom. The largest absolute Gasteiger partial charge is 0.356 e. The van der Waals surface area contributed by atoms with E-state index < -0.39 is 0 Å². The highest BCUT2D eigenvalue weighted by Gasteiger charge is 2.24. The zero-order valence-electron chi connectivity index (χ0n) is 27.5. The van der Waals surface area contributed by atoms with Crippen LogP contribution in [0.1, 0.15) is 207 Å². The zero-order chi connectivity index (χ0) is 28.1. The van der Waals surface area contributed by atoms with Gasteiger partial charge in [-0.05, 0) is 25.7 Å². The van der Waals surface area contributed by atoms with Crippen LogP contribution < -0.4 is 0 Å². The smallest absolute Gasteiger partial charge is 0.101 e. The standard InChI is InChI=1S/C37H74N2/c1-4-7-10-13-16-18-20-22-25-28-31-34-39-36-35-38(33-30-27-24-15-12-9-6-3)37(39)32-29-26-23-21-19-17-14-11-8-5-2/h35-37H,4-34H2,1-3H3. The molecular weight excluding hydrogens is 472 g/mol. The van der Waals surface area contributed by atoms with Crippen LogP contribution in [0.25, 0.3) is 0 Å². The molecule has 2 nitrogen and oxygen atoms in total. The molecule has 1 atom stereocenters. The van der Waals surface area contributed by atoms with Crippen LogP contribution >= 0.6 is 0 Å². The Morgan fingerprint density at radius 3 is 0.897 bits per heavy atom. The highest BCUT2D eigenvalue weighted by molar-refractivity contribution is 4.97. The Kier molecular flexibility index (Phi) is 26.9. The fourth-order valence-corrected chi connectivity index (χ4v) is 6.36. The Hall–Kier alpha value is -0.660. The predicted molar refractivity (Wildman–Crippen MR) is 177 cm³/mol. The molecule has 0 saturated carbocycles. The van der Waals surface area contributed by atoms with E-state index in [1.807, 2.05) is 0 Å². The Bertz CT molecular complexity index is 502. The predicted octanol–water partition coefficient (Wildman–Crippen LogP) is 12.8. The molecule has 0 N–H and O–H groups in total. The van der Waals surface area contributed by atoms with E-state index in [4.69, 9.17) is 0 Å². The molecule has 0 aromatic heterocycles. The van der Waals surface area contributed by atoms with Gasteiger partial charge in [0.2, 0.25) is 0 Å². The minimum Gasteiger partial charge on any atom is -0.356 e. The quantitative estimate of drug-likeness (QED) is 0.0798. The van der Waals surface area contributed by atoms with Crippen molar-refractivity contribution in [1.29, 1.82) is 0 Å². The lowest BCUT2D eigenvalue weighted by Gasteiger charge is -2.33. The lowest BCUT2D eigenvalue weighted by molar-refractivity contribution is 0.135. The molecule has 1 rings (SSSR count). The van der Waals surface area contributed by atoms with Crippen molar-refractivity contribution in [3.05, 3.63) is 12.4 Å². The summed E-state index contributed by atoms with van der Waals surface area (Å²) in [5.74, 6) is 0. The van der Waals surface area contributed by atoms with Gasteiger partial charge in [-0.1, -0.05) is 181 Å². The third-order valence-corrected chi connectivity index (χ3v) is 9.07. The summed E-state index contributed by atoms with van der Waals surface area (Å²) in [6, 6.07) is 0. The van der Waals surface area contributed by atoms with Crippen molar-refractivity contribution in [2.75, 3.05) is 13.1 Å². The molecule has 1 aliphatic heterocycles. The summed E-state index contributed by atoms with van der Waals surface area (Å²) < 4.78 is 0. The second kappa shape index (κ2) is 28.9. The van der Waals surface area contributed by atoms with Crippen molar-refractivity contribution in [1.82, 2.24) is 9.80 Å². The lowest BCUT2D eigenvalue weighted by atomic mass is 10.0. The molecule has 0 fully saturated rings. The van der Waals surface area contributed by atoms with Crippen molar-refractivity contribution in [3.63, 3.8) is 0 Å². The van der Waals surface area contributed by atoms with Crippen molar-refractivity contribution in [2.24, 2.45) is 0 Å². The highest BCUT2D eigenvalue weighted by atomic mass is 15.4. The van der Waals surface area contributed by atoms with Crippen LogP contribution in [0.3, 0.4) is 0 Å². The molecule has 2 heteroatoms. The van der Waals surface area contributed by atoms with Gasteiger partial charge in [-0.2, -0.15) is 0 Å². The minimum absolute atomic E-state index is 0.641. The minimum atomic E-state index is 0.641. The van der Waals surface area contributed by atoms with Gasteiger partial charge in [-0.25, -0.2) is 0 Å². The van der Waals surface area contributed by atoms with E-state index in [1.165, 1.54) is 199 Å². The molecule has 0 radical (unpaired) electrons. The summed E-state index contributed by atoms with van der Waals surface area (Å²) in [6.45, 7) is 9.47. The first-order valence-corrected chi connectivity index (χ1v) is 18.5. The van der Waals surface area contributed by atoms with Crippen LogP contribution in [-0.4, -0.2) is 29.1 Å². The van der Waals surface area contributed by atoms with E-state index in [2.05, 4.69) is 43.0 Å². The maximum atomic E-state index is 2.71. The fraction of sp³-hybridized carbons (Fsp3) is 0.946. The molecule has 0 bridgehead atoms. The first-order chi connectivity index (χ1) is 19.3. The Labute approximate surface area is 248 Å². The SMILES string of the molecule is CCCCCCCCCCCCCN1C=CN(CCCCCCCCC)C1CCCCCCCCCCCC. The third kappa shape index (κ3) is 21.7. The van der Waals surface area contributed by atoms with Gasteiger partial charge < -0.3 is 9.80 Å². The molecule has 232 valence electrons. The number of unbranched alkanes of at least 4 members (excludes halogenated alkanes) is 25. The van der Waals surface area contributed by atoms with Gasteiger partial charge in [0.05, 0.1) is 0 Å². The van der Waals surface area contributed by atoms with E-state index in [-0.39, 0.29) is 0 Å². The summed E-state index contributed by atoms with van der Waals surface area (Å²) in [6.07, 6.45) is 46.9. The second-order valence-corrected chi connectivity index (χ2v) is 12.9. The first kappa shape index (κ1) is 36.4. The number of hydrogen-bond donors (Lipinski definition) is 0. The van der Waals surface area contributed by atoms with Gasteiger partial charge in [0.1, 0.15) is 6.17 Å². The number of nitrogens with zero attached hydrogens (tertiary/aromatic N) is 2. The van der Waals surface area contributed by atoms with Gasteiger partial charge in [0.25, 0.3) is 0 Å². The normalized spacial score (nSPS) is 15.2. The van der Waals surface area contributed by atoms with Crippen LogP contribution in [0.4, 0.5) is 0 Å². The monoisotopic (exact) mass is 547 g/mol. The molecule has 0 amide bonds. The van der Waals surface area contributed by atoms with Gasteiger partial charge >= 0.3 is 0 Å². The van der Waals surface area contributed by atoms with Crippen LogP contribution in [0.5, 0.6) is 0 Å². The molecular formula is C37H74N2. The summed E-state index contributed by atoms with van der Waals surface area (Å²) in [5, 5.41) is 0. The maximum Gasteiger partial charge on any atom is 0.101 e. The van der Waals surface area contributed by atoms with E-state index in [1.54, 1.807) is 0 Å². The molecule has 39 heavy (non-hydrogen) atoms. The summed E-state index contributed by atoms with van der Waals surface area (Å²) in [5.41, 5.74) is 0. The maximum absolute atomic E-state index is 2.71. The van der Waals surface area contributed by atoms with Gasteiger partial charge in [-0.3, -0.25) is 0 Å².